The van der Waals surface area contributed by atoms with Crippen molar-refractivity contribution in [3.8, 4) is 0 Å². The van der Waals surface area contributed by atoms with Crippen molar-refractivity contribution in [1.82, 2.24) is 9.84 Å². The van der Waals surface area contributed by atoms with Crippen LogP contribution in [0.4, 0.5) is 9.59 Å². The predicted molar refractivity (Wildman–Crippen MR) is 72.6 cm³/mol. The molecule has 0 aliphatic carbocycles. The molecule has 10 heteroatoms. The van der Waals surface area contributed by atoms with Crippen LogP contribution in [-0.2, 0) is 20.5 Å². The Labute approximate surface area is 118 Å². The zero-order valence-electron chi connectivity index (χ0n) is 11.4. The van der Waals surface area contributed by atoms with Gasteiger partial charge in [-0.2, -0.15) is 10.2 Å². The summed E-state index contributed by atoms with van der Waals surface area (Å²) < 4.78 is 21.9. The Hall–Kier alpha value is -1.97. The molecule has 2 atom stereocenters. The normalized spacial score (nSPS) is 21.8. The van der Waals surface area contributed by atoms with Crippen molar-refractivity contribution in [1.29, 1.82) is 0 Å². The number of hydrogen-bond donors (Lipinski definition) is 1. The van der Waals surface area contributed by atoms with Crippen LogP contribution in [0.2, 0.25) is 0 Å². The summed E-state index contributed by atoms with van der Waals surface area (Å²) in [6, 6.07) is 0. The summed E-state index contributed by atoms with van der Waals surface area (Å²) in [7, 11) is -1.66. The fourth-order valence-corrected chi connectivity index (χ4v) is 2.21. The number of nitrogens with one attached hydrogen (secondary N) is 1. The SMILES string of the molecule is CCOC(=O)NN=CC1=NN(C(=O)OCC)S(=O)C1C. The first-order valence-corrected chi connectivity index (χ1v) is 7.10. The van der Waals surface area contributed by atoms with E-state index in [1.807, 2.05) is 0 Å². The molecule has 112 valence electrons. The van der Waals surface area contributed by atoms with Crippen molar-refractivity contribution < 1.29 is 23.3 Å². The van der Waals surface area contributed by atoms with Crippen molar-refractivity contribution >= 4 is 35.1 Å². The molecular formula is C10H16N4O5S. The van der Waals surface area contributed by atoms with Gasteiger partial charge < -0.3 is 9.47 Å². The number of nitrogens with zero attached hydrogens (tertiary/aromatic N) is 3. The molecular weight excluding hydrogens is 288 g/mol. The number of ether oxygens (including phenoxy) is 2. The van der Waals surface area contributed by atoms with Gasteiger partial charge >= 0.3 is 12.2 Å². The Balaban J connectivity index is 2.67. The first-order valence-electron chi connectivity index (χ1n) is 5.93. The van der Waals surface area contributed by atoms with Gasteiger partial charge in [-0.25, -0.2) is 19.2 Å². The van der Waals surface area contributed by atoms with Gasteiger partial charge in [-0.3, -0.25) is 0 Å². The second-order valence-electron chi connectivity index (χ2n) is 3.51. The molecule has 1 N–H and O–H groups in total. The lowest BCUT2D eigenvalue weighted by atomic mass is 10.3. The molecule has 0 aromatic rings. The molecule has 1 aliphatic heterocycles. The largest absolute Gasteiger partial charge is 0.449 e. The van der Waals surface area contributed by atoms with E-state index in [2.05, 4.69) is 20.4 Å². The maximum absolute atomic E-state index is 11.9. The summed E-state index contributed by atoms with van der Waals surface area (Å²) in [6.45, 7) is 5.29. The van der Waals surface area contributed by atoms with Crippen LogP contribution >= 0.6 is 0 Å². The molecule has 0 saturated heterocycles. The number of amides is 2. The summed E-state index contributed by atoms with van der Waals surface area (Å²) in [5.74, 6) is 0. The highest BCUT2D eigenvalue weighted by Crippen LogP contribution is 2.15. The zero-order valence-corrected chi connectivity index (χ0v) is 12.2. The molecule has 2 amide bonds. The molecule has 20 heavy (non-hydrogen) atoms. The van der Waals surface area contributed by atoms with Gasteiger partial charge in [0.05, 0.1) is 30.4 Å². The Kier molecular flexibility index (Phi) is 6.10. The van der Waals surface area contributed by atoms with Gasteiger partial charge in [-0.15, -0.1) is 4.41 Å². The van der Waals surface area contributed by atoms with E-state index >= 15 is 0 Å². The Morgan fingerprint density at radius 3 is 2.70 bits per heavy atom. The van der Waals surface area contributed by atoms with E-state index in [-0.39, 0.29) is 18.9 Å². The molecule has 0 radical (unpaired) electrons. The molecule has 0 bridgehead atoms. The van der Waals surface area contributed by atoms with Crippen LogP contribution in [0.3, 0.4) is 0 Å². The zero-order chi connectivity index (χ0) is 15.1. The monoisotopic (exact) mass is 304 g/mol. The van der Waals surface area contributed by atoms with E-state index in [4.69, 9.17) is 4.74 Å². The summed E-state index contributed by atoms with van der Waals surface area (Å²) in [6.07, 6.45) is -0.295. The van der Waals surface area contributed by atoms with Crippen molar-refractivity contribution in [2.45, 2.75) is 26.0 Å². The van der Waals surface area contributed by atoms with E-state index in [9.17, 15) is 13.8 Å². The van der Waals surface area contributed by atoms with Crippen LogP contribution in [0.5, 0.6) is 0 Å². The lowest BCUT2D eigenvalue weighted by Gasteiger charge is -2.10. The molecule has 1 rings (SSSR count). The molecule has 0 saturated carbocycles. The van der Waals surface area contributed by atoms with Crippen LogP contribution in [0.25, 0.3) is 0 Å². The molecule has 0 spiro atoms. The smallest absolute Gasteiger partial charge is 0.443 e. The average Bonchev–Trinajstić information content (AvgIpc) is 2.68. The van der Waals surface area contributed by atoms with Crippen LogP contribution in [0.15, 0.2) is 10.2 Å². The quantitative estimate of drug-likeness (QED) is 0.604. The van der Waals surface area contributed by atoms with Crippen molar-refractivity contribution in [3.05, 3.63) is 0 Å². The topological polar surface area (TPSA) is 110 Å². The molecule has 1 aliphatic rings. The maximum atomic E-state index is 11.9. The van der Waals surface area contributed by atoms with Gasteiger partial charge in [0.1, 0.15) is 0 Å². The first-order chi connectivity index (χ1) is 9.51. The number of rotatable bonds is 4. The van der Waals surface area contributed by atoms with Crippen molar-refractivity contribution in [2.24, 2.45) is 10.2 Å². The molecule has 1 heterocycles. The van der Waals surface area contributed by atoms with Gasteiger partial charge in [-0.1, -0.05) is 0 Å². The van der Waals surface area contributed by atoms with Crippen LogP contribution in [0.1, 0.15) is 20.8 Å². The first kappa shape index (κ1) is 16.1. The van der Waals surface area contributed by atoms with E-state index in [1.165, 1.54) is 6.21 Å². The second-order valence-corrected chi connectivity index (χ2v) is 5.11. The van der Waals surface area contributed by atoms with Crippen molar-refractivity contribution in [2.75, 3.05) is 13.2 Å². The molecule has 0 aromatic carbocycles. The van der Waals surface area contributed by atoms with Gasteiger partial charge in [0, 0.05) is 0 Å². The number of carbonyl (C=O) groups is 2. The lowest BCUT2D eigenvalue weighted by molar-refractivity contribution is 0.133. The standard InChI is InChI=1S/C10H16N4O5S/c1-4-18-9(15)12-11-6-8-7(3)20(17)14(13-8)10(16)19-5-2/h6-7H,4-5H2,1-3H3,(H,12,15). The predicted octanol–water partition coefficient (Wildman–Crippen LogP) is 0.599. The van der Waals surface area contributed by atoms with Crippen LogP contribution < -0.4 is 5.43 Å². The van der Waals surface area contributed by atoms with Crippen LogP contribution in [0, 0.1) is 0 Å². The summed E-state index contributed by atoms with van der Waals surface area (Å²) in [5, 5.41) is 6.91. The average molecular weight is 304 g/mol. The van der Waals surface area contributed by atoms with Gasteiger partial charge in [0.25, 0.3) is 0 Å². The summed E-state index contributed by atoms with van der Waals surface area (Å²) >= 11 is 0. The number of carbonyl (C=O) groups excluding carboxylic acids is 2. The lowest BCUT2D eigenvalue weighted by Crippen LogP contribution is -2.29. The minimum Gasteiger partial charge on any atom is -0.449 e. The Bertz CT molecular complexity index is 465. The third-order valence-electron chi connectivity index (χ3n) is 2.15. The fraction of sp³-hybridized carbons (Fsp3) is 0.600. The Morgan fingerprint density at radius 1 is 1.45 bits per heavy atom. The minimum absolute atomic E-state index is 0.157. The van der Waals surface area contributed by atoms with Gasteiger partial charge in [0.2, 0.25) is 0 Å². The maximum Gasteiger partial charge on any atom is 0.443 e. The second kappa shape index (κ2) is 7.58. The third-order valence-corrected chi connectivity index (χ3v) is 3.57. The summed E-state index contributed by atoms with van der Waals surface area (Å²) in [4.78, 5) is 22.5. The van der Waals surface area contributed by atoms with Gasteiger partial charge in [-0.05, 0) is 20.8 Å². The third kappa shape index (κ3) is 4.02. The highest BCUT2D eigenvalue weighted by Gasteiger charge is 2.35. The fourth-order valence-electron chi connectivity index (χ4n) is 1.22. The molecule has 0 aromatic heterocycles. The Morgan fingerprint density at radius 2 is 2.10 bits per heavy atom. The van der Waals surface area contributed by atoms with E-state index in [0.717, 1.165) is 4.41 Å². The van der Waals surface area contributed by atoms with E-state index < -0.39 is 28.4 Å². The summed E-state index contributed by atoms with van der Waals surface area (Å²) in [5.41, 5.74) is 2.39. The highest BCUT2D eigenvalue weighted by atomic mass is 32.2. The molecule has 0 fully saturated rings. The molecule has 2 unspecified atom stereocenters. The van der Waals surface area contributed by atoms with Crippen molar-refractivity contribution in [3.63, 3.8) is 0 Å². The minimum atomic E-state index is -1.66. The molecule has 9 nitrogen and oxygen atoms in total. The number of hydrazone groups is 2. The van der Waals surface area contributed by atoms with E-state index in [0.29, 0.717) is 0 Å². The number of hydrogen-bond acceptors (Lipinski definition) is 7. The highest BCUT2D eigenvalue weighted by molar-refractivity contribution is 7.85. The van der Waals surface area contributed by atoms with Crippen LogP contribution in [-0.4, -0.2) is 51.2 Å². The van der Waals surface area contributed by atoms with Gasteiger partial charge in [0.15, 0.2) is 11.0 Å². The van der Waals surface area contributed by atoms with E-state index in [1.54, 1.807) is 20.8 Å².